The van der Waals surface area contributed by atoms with E-state index < -0.39 is 0 Å². The standard InChI is InChI=1S/C12H21N3OS/c1-5-6-9(2)8-16-11-7-10(13-3)14-12(15-11)17-4/h7,9H,5-6,8H2,1-4H3,(H,13,14,15). The average molecular weight is 255 g/mol. The third-order valence-electron chi connectivity index (χ3n) is 2.42. The Bertz CT molecular complexity index is 324. The molecule has 0 saturated heterocycles. The van der Waals surface area contributed by atoms with Crippen molar-refractivity contribution in [2.45, 2.75) is 31.8 Å². The molecule has 1 heterocycles. The van der Waals surface area contributed by atoms with E-state index in [0.717, 1.165) is 11.0 Å². The molecule has 1 N–H and O–H groups in total. The van der Waals surface area contributed by atoms with Crippen LogP contribution >= 0.6 is 11.8 Å². The Balaban J connectivity index is 2.63. The summed E-state index contributed by atoms with van der Waals surface area (Å²) < 4.78 is 5.70. The first-order chi connectivity index (χ1) is 8.19. The molecule has 1 rings (SSSR count). The van der Waals surface area contributed by atoms with Gasteiger partial charge in [-0.05, 0) is 18.6 Å². The fourth-order valence-corrected chi connectivity index (χ4v) is 1.87. The summed E-state index contributed by atoms with van der Waals surface area (Å²) in [5, 5.41) is 3.74. The second kappa shape index (κ2) is 7.37. The summed E-state index contributed by atoms with van der Waals surface area (Å²) >= 11 is 1.51. The maximum Gasteiger partial charge on any atom is 0.219 e. The molecule has 0 saturated carbocycles. The van der Waals surface area contributed by atoms with E-state index in [-0.39, 0.29) is 0 Å². The van der Waals surface area contributed by atoms with Crippen molar-refractivity contribution in [1.29, 1.82) is 0 Å². The van der Waals surface area contributed by atoms with Crippen molar-refractivity contribution in [3.63, 3.8) is 0 Å². The maximum atomic E-state index is 5.70. The van der Waals surface area contributed by atoms with Gasteiger partial charge in [0.25, 0.3) is 0 Å². The van der Waals surface area contributed by atoms with Crippen molar-refractivity contribution in [3.05, 3.63) is 6.07 Å². The predicted molar refractivity (Wildman–Crippen MR) is 72.9 cm³/mol. The Kier molecular flexibility index (Phi) is 6.11. The summed E-state index contributed by atoms with van der Waals surface area (Å²) in [6.07, 6.45) is 4.32. The van der Waals surface area contributed by atoms with Gasteiger partial charge in [-0.3, -0.25) is 0 Å². The second-order valence-electron chi connectivity index (χ2n) is 4.03. The SMILES string of the molecule is CCCC(C)COc1cc(NC)nc(SC)n1. The molecule has 1 aromatic rings. The topological polar surface area (TPSA) is 47.0 Å². The summed E-state index contributed by atoms with van der Waals surface area (Å²) in [5.74, 6) is 2.00. The van der Waals surface area contributed by atoms with Gasteiger partial charge in [-0.1, -0.05) is 32.0 Å². The minimum atomic E-state index is 0.561. The number of aromatic nitrogens is 2. The zero-order valence-electron chi connectivity index (χ0n) is 11.0. The summed E-state index contributed by atoms with van der Waals surface area (Å²) in [6, 6.07) is 1.83. The van der Waals surface area contributed by atoms with Crippen LogP contribution in [0.3, 0.4) is 0 Å². The van der Waals surface area contributed by atoms with Crippen LogP contribution in [0.4, 0.5) is 5.82 Å². The molecule has 0 aromatic carbocycles. The van der Waals surface area contributed by atoms with Crippen LogP contribution in [-0.4, -0.2) is 29.9 Å². The highest BCUT2D eigenvalue weighted by atomic mass is 32.2. The highest BCUT2D eigenvalue weighted by Gasteiger charge is 2.06. The van der Waals surface area contributed by atoms with E-state index >= 15 is 0 Å². The van der Waals surface area contributed by atoms with Gasteiger partial charge in [0.1, 0.15) is 5.82 Å². The van der Waals surface area contributed by atoms with Crippen molar-refractivity contribution in [3.8, 4) is 5.88 Å². The van der Waals surface area contributed by atoms with E-state index in [0.29, 0.717) is 18.4 Å². The van der Waals surface area contributed by atoms with E-state index in [1.165, 1.54) is 24.6 Å². The van der Waals surface area contributed by atoms with E-state index in [9.17, 15) is 0 Å². The molecule has 4 nitrogen and oxygen atoms in total. The van der Waals surface area contributed by atoms with Gasteiger partial charge in [0.05, 0.1) is 6.61 Å². The summed E-state index contributed by atoms with van der Waals surface area (Å²) in [6.45, 7) is 5.09. The molecule has 0 aliphatic carbocycles. The first-order valence-electron chi connectivity index (χ1n) is 5.93. The molecule has 0 spiro atoms. The molecule has 0 aliphatic heterocycles. The first-order valence-corrected chi connectivity index (χ1v) is 7.15. The lowest BCUT2D eigenvalue weighted by molar-refractivity contribution is 0.241. The van der Waals surface area contributed by atoms with Gasteiger partial charge >= 0.3 is 0 Å². The van der Waals surface area contributed by atoms with Crippen LogP contribution in [0, 0.1) is 5.92 Å². The lowest BCUT2D eigenvalue weighted by Crippen LogP contribution is -2.10. The van der Waals surface area contributed by atoms with Crippen LogP contribution in [-0.2, 0) is 0 Å². The van der Waals surface area contributed by atoms with Gasteiger partial charge in [-0.2, -0.15) is 4.98 Å². The molecule has 5 heteroatoms. The number of thioether (sulfide) groups is 1. The van der Waals surface area contributed by atoms with Gasteiger partial charge in [0, 0.05) is 13.1 Å². The molecule has 1 unspecified atom stereocenters. The molecular weight excluding hydrogens is 234 g/mol. The van der Waals surface area contributed by atoms with Crippen LogP contribution in [0.15, 0.2) is 11.2 Å². The number of anilines is 1. The summed E-state index contributed by atoms with van der Waals surface area (Å²) in [7, 11) is 1.84. The second-order valence-corrected chi connectivity index (χ2v) is 4.81. The van der Waals surface area contributed by atoms with Gasteiger partial charge in [-0.15, -0.1) is 0 Å². The van der Waals surface area contributed by atoms with Crippen molar-refractivity contribution in [1.82, 2.24) is 9.97 Å². The van der Waals surface area contributed by atoms with Gasteiger partial charge < -0.3 is 10.1 Å². The molecule has 17 heavy (non-hydrogen) atoms. The van der Waals surface area contributed by atoms with Gasteiger partial charge in [0.15, 0.2) is 5.16 Å². The Morgan fingerprint density at radius 1 is 1.47 bits per heavy atom. The Morgan fingerprint density at radius 2 is 2.24 bits per heavy atom. The lowest BCUT2D eigenvalue weighted by atomic mass is 10.1. The first kappa shape index (κ1) is 14.1. The number of nitrogens with zero attached hydrogens (tertiary/aromatic N) is 2. The van der Waals surface area contributed by atoms with Crippen LogP contribution in [0.25, 0.3) is 0 Å². The molecule has 96 valence electrons. The monoisotopic (exact) mass is 255 g/mol. The largest absolute Gasteiger partial charge is 0.477 e. The molecule has 0 bridgehead atoms. The number of ether oxygens (including phenoxy) is 1. The molecule has 0 amide bonds. The molecule has 1 aromatic heterocycles. The van der Waals surface area contributed by atoms with Gasteiger partial charge in [-0.25, -0.2) is 4.98 Å². The molecular formula is C12H21N3OS. The fourth-order valence-electron chi connectivity index (χ4n) is 1.50. The smallest absolute Gasteiger partial charge is 0.219 e. The molecule has 1 atom stereocenters. The maximum absolute atomic E-state index is 5.70. The Labute approximate surface area is 108 Å². The van der Waals surface area contributed by atoms with Crippen LogP contribution in [0.5, 0.6) is 5.88 Å². The molecule has 0 fully saturated rings. The highest BCUT2D eigenvalue weighted by molar-refractivity contribution is 7.98. The minimum Gasteiger partial charge on any atom is -0.477 e. The summed E-state index contributed by atoms with van der Waals surface area (Å²) in [5.41, 5.74) is 0. The Hall–Kier alpha value is -0.970. The van der Waals surface area contributed by atoms with Crippen LogP contribution in [0.1, 0.15) is 26.7 Å². The Morgan fingerprint density at radius 3 is 2.82 bits per heavy atom. The zero-order chi connectivity index (χ0) is 12.7. The summed E-state index contributed by atoms with van der Waals surface area (Å²) in [4.78, 5) is 8.62. The minimum absolute atomic E-state index is 0.561. The van der Waals surface area contributed by atoms with Crippen molar-refractivity contribution < 1.29 is 4.74 Å². The number of rotatable bonds is 7. The average Bonchev–Trinajstić information content (AvgIpc) is 2.36. The predicted octanol–water partition coefficient (Wildman–Crippen LogP) is 3.06. The highest BCUT2D eigenvalue weighted by Crippen LogP contribution is 2.19. The van der Waals surface area contributed by atoms with E-state index in [1.54, 1.807) is 0 Å². The van der Waals surface area contributed by atoms with Crippen LogP contribution in [0.2, 0.25) is 0 Å². The lowest BCUT2D eigenvalue weighted by Gasteiger charge is -2.12. The van der Waals surface area contributed by atoms with Gasteiger partial charge in [0.2, 0.25) is 5.88 Å². The quantitative estimate of drug-likeness (QED) is 0.599. The van der Waals surface area contributed by atoms with E-state index in [1.807, 2.05) is 19.4 Å². The zero-order valence-corrected chi connectivity index (χ0v) is 11.8. The fraction of sp³-hybridized carbons (Fsp3) is 0.667. The number of hydrogen-bond acceptors (Lipinski definition) is 5. The third kappa shape index (κ3) is 4.81. The number of nitrogens with one attached hydrogen (secondary N) is 1. The van der Waals surface area contributed by atoms with Crippen molar-refractivity contribution >= 4 is 17.6 Å². The van der Waals surface area contributed by atoms with E-state index in [4.69, 9.17) is 4.74 Å². The molecule has 0 aliphatic rings. The normalized spacial score (nSPS) is 12.2. The molecule has 0 radical (unpaired) electrons. The van der Waals surface area contributed by atoms with Crippen molar-refractivity contribution in [2.24, 2.45) is 5.92 Å². The van der Waals surface area contributed by atoms with E-state index in [2.05, 4.69) is 29.1 Å². The van der Waals surface area contributed by atoms with Crippen LogP contribution < -0.4 is 10.1 Å². The third-order valence-corrected chi connectivity index (χ3v) is 2.97. The number of hydrogen-bond donors (Lipinski definition) is 1. The van der Waals surface area contributed by atoms with Crippen molar-refractivity contribution in [2.75, 3.05) is 25.2 Å².